The summed E-state index contributed by atoms with van der Waals surface area (Å²) in [6.07, 6.45) is -0.380. The first-order valence-corrected chi connectivity index (χ1v) is 6.36. The molecule has 122 valence electrons. The molecule has 1 unspecified atom stereocenters. The summed E-state index contributed by atoms with van der Waals surface area (Å²) in [5.74, 6) is -3.65. The summed E-state index contributed by atoms with van der Waals surface area (Å²) in [7, 11) is 0. The Kier molecular flexibility index (Phi) is 8.32. The van der Waals surface area contributed by atoms with Crippen molar-refractivity contribution in [2.75, 3.05) is 26.3 Å². The number of carboxylic acid groups (broad SMARTS) is 2. The van der Waals surface area contributed by atoms with Crippen molar-refractivity contribution in [3.05, 3.63) is 0 Å². The van der Waals surface area contributed by atoms with Crippen molar-refractivity contribution in [3.63, 3.8) is 0 Å². The highest BCUT2D eigenvalue weighted by Crippen LogP contribution is 2.06. The molecular formula is C12H22N2O7. The number of hydrogen-bond acceptors (Lipinski definition) is 6. The lowest BCUT2D eigenvalue weighted by molar-refractivity contribution is -0.159. The molecule has 4 N–H and O–H groups in total. The maximum absolute atomic E-state index is 11.3. The first kappa shape index (κ1) is 19.1. The number of aliphatic carboxylic acids is 2. The number of carbonyl (C=O) groups excluding carboxylic acids is 1. The smallest absolute Gasteiger partial charge is 0.414 e. The van der Waals surface area contributed by atoms with Crippen LogP contribution in [0.2, 0.25) is 0 Å². The van der Waals surface area contributed by atoms with Gasteiger partial charge in [0.15, 0.2) is 0 Å². The molecule has 0 aromatic carbocycles. The van der Waals surface area contributed by atoms with Crippen LogP contribution in [0, 0.1) is 0 Å². The Morgan fingerprint density at radius 1 is 1.29 bits per heavy atom. The van der Waals surface area contributed by atoms with Crippen molar-refractivity contribution in [1.82, 2.24) is 10.6 Å². The molecule has 9 nitrogen and oxygen atoms in total. The van der Waals surface area contributed by atoms with E-state index in [1.54, 1.807) is 0 Å². The predicted octanol–water partition coefficient (Wildman–Crippen LogP) is -0.345. The molecule has 1 rings (SSSR count). The Morgan fingerprint density at radius 2 is 1.86 bits per heavy atom. The maximum Gasteiger partial charge on any atom is 0.414 e. The van der Waals surface area contributed by atoms with E-state index in [4.69, 9.17) is 29.3 Å². The number of morpholine rings is 1. The van der Waals surface area contributed by atoms with Gasteiger partial charge in [-0.2, -0.15) is 0 Å². The van der Waals surface area contributed by atoms with Crippen molar-refractivity contribution < 1.29 is 34.1 Å². The highest BCUT2D eigenvalue weighted by Gasteiger charge is 2.18. The van der Waals surface area contributed by atoms with Crippen LogP contribution >= 0.6 is 0 Å². The van der Waals surface area contributed by atoms with Gasteiger partial charge in [-0.15, -0.1) is 0 Å². The molecule has 0 spiro atoms. The van der Waals surface area contributed by atoms with Gasteiger partial charge in [-0.3, -0.25) is 0 Å². The molecule has 1 fully saturated rings. The molecule has 0 aliphatic carbocycles. The number of ether oxygens (including phenoxy) is 2. The van der Waals surface area contributed by atoms with Crippen LogP contribution in [0.5, 0.6) is 0 Å². The van der Waals surface area contributed by atoms with Crippen molar-refractivity contribution in [1.29, 1.82) is 0 Å². The van der Waals surface area contributed by atoms with E-state index in [1.807, 2.05) is 20.8 Å². The zero-order chi connectivity index (χ0) is 16.5. The molecule has 1 aliphatic rings. The summed E-state index contributed by atoms with van der Waals surface area (Å²) in [6.45, 7) is 8.27. The van der Waals surface area contributed by atoms with Gasteiger partial charge in [-0.05, 0) is 20.8 Å². The zero-order valence-corrected chi connectivity index (χ0v) is 12.3. The van der Waals surface area contributed by atoms with Crippen LogP contribution in [0.25, 0.3) is 0 Å². The van der Waals surface area contributed by atoms with E-state index in [0.29, 0.717) is 13.2 Å². The van der Waals surface area contributed by atoms with Crippen molar-refractivity contribution in [2.24, 2.45) is 0 Å². The monoisotopic (exact) mass is 306 g/mol. The van der Waals surface area contributed by atoms with Crippen molar-refractivity contribution in [2.45, 2.75) is 32.4 Å². The van der Waals surface area contributed by atoms with Crippen LogP contribution in [-0.2, 0) is 19.1 Å². The number of amides is 1. The van der Waals surface area contributed by atoms with Crippen LogP contribution in [0.1, 0.15) is 20.8 Å². The summed E-state index contributed by atoms with van der Waals surface area (Å²) in [6, 6.07) is 0.186. The fourth-order valence-electron chi connectivity index (χ4n) is 1.27. The molecule has 21 heavy (non-hydrogen) atoms. The number of rotatable bonds is 2. The van der Waals surface area contributed by atoms with Gasteiger partial charge in [-0.1, -0.05) is 0 Å². The molecule has 9 heteroatoms. The third kappa shape index (κ3) is 11.6. The molecule has 0 saturated carbocycles. The SMILES string of the molecule is CC(C)(C)OC(=O)NCC1COCCN1.O=C(O)C(=O)O. The van der Waals surface area contributed by atoms with E-state index in [-0.39, 0.29) is 12.1 Å². The Morgan fingerprint density at radius 3 is 2.24 bits per heavy atom. The van der Waals surface area contributed by atoms with Gasteiger partial charge in [0.2, 0.25) is 0 Å². The van der Waals surface area contributed by atoms with Crippen LogP contribution in [-0.4, -0.2) is 66.2 Å². The van der Waals surface area contributed by atoms with Gasteiger partial charge in [-0.25, -0.2) is 14.4 Å². The first-order valence-electron chi connectivity index (χ1n) is 6.36. The molecule has 1 amide bonds. The second-order valence-corrected chi connectivity index (χ2v) is 5.22. The number of carbonyl (C=O) groups is 3. The van der Waals surface area contributed by atoms with Crippen LogP contribution in [0.3, 0.4) is 0 Å². The Balaban J connectivity index is 0.000000567. The lowest BCUT2D eigenvalue weighted by Crippen LogP contribution is -2.49. The zero-order valence-electron chi connectivity index (χ0n) is 12.3. The molecule has 1 atom stereocenters. The van der Waals surface area contributed by atoms with E-state index >= 15 is 0 Å². The second-order valence-electron chi connectivity index (χ2n) is 5.22. The summed E-state index contributed by atoms with van der Waals surface area (Å²) < 4.78 is 10.4. The third-order valence-electron chi connectivity index (χ3n) is 2.07. The Bertz CT molecular complexity index is 347. The van der Waals surface area contributed by atoms with Gasteiger partial charge < -0.3 is 30.3 Å². The molecule has 0 aromatic rings. The third-order valence-corrected chi connectivity index (χ3v) is 2.07. The quantitative estimate of drug-likeness (QED) is 0.509. The molecule has 0 radical (unpaired) electrons. The summed E-state index contributed by atoms with van der Waals surface area (Å²) in [5, 5.41) is 20.7. The predicted molar refractivity (Wildman–Crippen MR) is 72.1 cm³/mol. The molecule has 1 saturated heterocycles. The fraction of sp³-hybridized carbons (Fsp3) is 0.750. The van der Waals surface area contributed by atoms with Gasteiger partial charge >= 0.3 is 18.0 Å². The average Bonchev–Trinajstić information content (AvgIpc) is 2.36. The summed E-state index contributed by atoms with van der Waals surface area (Å²) in [5.41, 5.74) is -0.444. The normalized spacial score (nSPS) is 18.0. The van der Waals surface area contributed by atoms with Crippen LogP contribution in [0.15, 0.2) is 0 Å². The summed E-state index contributed by atoms with van der Waals surface area (Å²) >= 11 is 0. The highest BCUT2D eigenvalue weighted by molar-refractivity contribution is 6.27. The molecule has 1 aliphatic heterocycles. The topological polar surface area (TPSA) is 134 Å². The molecule has 0 aromatic heterocycles. The van der Waals surface area contributed by atoms with Crippen LogP contribution in [0.4, 0.5) is 4.79 Å². The standard InChI is InChI=1S/C10H20N2O3.C2H2O4/c1-10(2,3)15-9(13)12-6-8-7-14-5-4-11-8;3-1(4)2(5)6/h8,11H,4-7H2,1-3H3,(H,12,13);(H,3,4)(H,5,6). The van der Waals surface area contributed by atoms with E-state index in [1.165, 1.54) is 0 Å². The average molecular weight is 306 g/mol. The van der Waals surface area contributed by atoms with Crippen molar-refractivity contribution >= 4 is 18.0 Å². The Labute approximate surface area is 122 Å². The minimum atomic E-state index is -1.82. The minimum Gasteiger partial charge on any atom is -0.473 e. The fourth-order valence-corrected chi connectivity index (χ4v) is 1.27. The van der Waals surface area contributed by atoms with Crippen LogP contribution < -0.4 is 10.6 Å². The van der Waals surface area contributed by atoms with E-state index in [2.05, 4.69) is 10.6 Å². The highest BCUT2D eigenvalue weighted by atomic mass is 16.6. The molecule has 0 bridgehead atoms. The first-order chi connectivity index (χ1) is 9.61. The van der Waals surface area contributed by atoms with Gasteiger partial charge in [0.05, 0.1) is 13.2 Å². The van der Waals surface area contributed by atoms with E-state index < -0.39 is 17.5 Å². The number of hydrogen-bond donors (Lipinski definition) is 4. The number of carboxylic acids is 2. The number of alkyl carbamates (subject to hydrolysis) is 1. The van der Waals surface area contributed by atoms with E-state index in [0.717, 1.165) is 13.2 Å². The summed E-state index contributed by atoms with van der Waals surface area (Å²) in [4.78, 5) is 29.5. The lowest BCUT2D eigenvalue weighted by atomic mass is 10.2. The number of nitrogens with one attached hydrogen (secondary N) is 2. The second kappa shape index (κ2) is 9.14. The van der Waals surface area contributed by atoms with Gasteiger partial charge in [0, 0.05) is 19.1 Å². The van der Waals surface area contributed by atoms with Gasteiger partial charge in [0.25, 0.3) is 0 Å². The molecule has 1 heterocycles. The Hall–Kier alpha value is -1.87. The van der Waals surface area contributed by atoms with E-state index in [9.17, 15) is 4.79 Å². The largest absolute Gasteiger partial charge is 0.473 e. The van der Waals surface area contributed by atoms with Gasteiger partial charge in [0.1, 0.15) is 5.60 Å². The minimum absolute atomic E-state index is 0.186. The lowest BCUT2D eigenvalue weighted by Gasteiger charge is -2.25. The molecular weight excluding hydrogens is 284 g/mol. The maximum atomic E-state index is 11.3. The van der Waals surface area contributed by atoms with Crippen molar-refractivity contribution in [3.8, 4) is 0 Å².